The van der Waals surface area contributed by atoms with E-state index in [1.807, 2.05) is 39.8 Å². The molecule has 8 aromatic heterocycles. The Morgan fingerprint density at radius 2 is 0.712 bits per heavy atom. The van der Waals surface area contributed by atoms with Crippen molar-refractivity contribution in [2.45, 2.75) is 198 Å². The van der Waals surface area contributed by atoms with Crippen molar-refractivity contribution in [2.75, 3.05) is 72.0 Å². The van der Waals surface area contributed by atoms with E-state index in [0.717, 1.165) is 112 Å². The molecule has 3 aliphatic carbocycles. The Bertz CT molecular complexity index is 6850. The molecule has 12 aromatic rings. The first kappa shape index (κ1) is 98.4. The van der Waals surface area contributed by atoms with Gasteiger partial charge in [0.05, 0.1) is 64.2 Å². The maximum absolute atomic E-state index is 13.9. The number of carbonyl (C=O) groups excluding carboxylic acids is 8. The summed E-state index contributed by atoms with van der Waals surface area (Å²) in [5.74, 6) is -4.84. The van der Waals surface area contributed by atoms with Crippen molar-refractivity contribution >= 4 is 69.8 Å². The second kappa shape index (κ2) is 35.9. The highest BCUT2D eigenvalue weighted by Crippen LogP contribution is 2.51. The lowest BCUT2D eigenvalue weighted by Crippen LogP contribution is -2.65. The third-order valence-corrected chi connectivity index (χ3v) is 26.9. The number of hydrogen-bond donors (Lipinski definition) is 4. The molecule has 19 rings (SSSR count). The molecule has 4 aliphatic heterocycles. The highest BCUT2D eigenvalue weighted by molar-refractivity contribution is 6.00. The fraction of sp³-hybridized carbons (Fsp3) is 0.429. The first-order valence-electron chi connectivity index (χ1n) is 45.4. The van der Waals surface area contributed by atoms with E-state index in [1.54, 1.807) is 93.0 Å². The predicted molar refractivity (Wildman–Crippen MR) is 487 cm³/mol. The fourth-order valence-electron chi connectivity index (χ4n) is 18.2. The molecule has 732 valence electrons. The van der Waals surface area contributed by atoms with Crippen molar-refractivity contribution in [3.05, 3.63) is 214 Å². The molecule has 139 heavy (non-hydrogen) atoms. The van der Waals surface area contributed by atoms with Crippen molar-refractivity contribution in [1.82, 2.24) is 98.0 Å². The fourth-order valence-corrected chi connectivity index (χ4v) is 18.2. The van der Waals surface area contributed by atoms with Crippen LogP contribution in [0.4, 0.5) is 43.9 Å². The summed E-state index contributed by atoms with van der Waals surface area (Å²) in [6.45, 7) is 25.7. The number of rotatable bonds is 13. The first-order chi connectivity index (χ1) is 65.0. The van der Waals surface area contributed by atoms with Crippen LogP contribution in [0.2, 0.25) is 0 Å². The molecule has 1 atom stereocenters. The van der Waals surface area contributed by atoms with E-state index in [9.17, 15) is 97.6 Å². The molecule has 0 unspecified atom stereocenters. The van der Waals surface area contributed by atoms with E-state index >= 15 is 0 Å². The highest BCUT2D eigenvalue weighted by atomic mass is 19.4. The summed E-state index contributed by atoms with van der Waals surface area (Å²) >= 11 is 0. The Morgan fingerprint density at radius 1 is 0.410 bits per heavy atom. The van der Waals surface area contributed by atoms with Crippen LogP contribution in [0.3, 0.4) is 0 Å². The van der Waals surface area contributed by atoms with Gasteiger partial charge in [0.2, 0.25) is 5.91 Å². The lowest BCUT2D eigenvalue weighted by molar-refractivity contribution is -0.164. The van der Waals surface area contributed by atoms with Gasteiger partial charge in [-0.05, 0) is 253 Å². The average molecular weight is 1930 g/mol. The SMILES string of the molecule is CC(C)(O)C(=O)N1CCN(C(=O)c2cn3nc(-c4ccc(F)cc4)cc(C(F)(F)F)c3n2)C(C)(C)C1.CC1(C)C(=O)NCCN1C(=O)c1cn2nc(-c3ccc(F)cc3)cc(C(F)(F)F)c2n1.CC1(c2cc(-c3ccc(F)cc3)nn3cc(C(=O)N4CCN(C(=O)C5(O)CCC5)CC4(C)C)nc23)CC1.C[C@H](O)C(=O)N1CCN(C(=O)c2cn3nc(-c4ccc(F)cc4)cc(C4(C)CC4)c3n2)C(C)(C)C1. The van der Waals surface area contributed by atoms with Crippen LogP contribution in [0, 0.1) is 23.3 Å². The van der Waals surface area contributed by atoms with Crippen LogP contribution in [0.1, 0.15) is 199 Å². The Balaban J connectivity index is 0.000000134. The zero-order chi connectivity index (χ0) is 100. The third-order valence-electron chi connectivity index (χ3n) is 26.9. The number of carbonyl (C=O) groups is 8. The van der Waals surface area contributed by atoms with E-state index in [-0.39, 0.29) is 119 Å². The molecule has 8 amide bonds. The predicted octanol–water partition coefficient (Wildman–Crippen LogP) is 12.9. The van der Waals surface area contributed by atoms with Crippen LogP contribution >= 0.6 is 0 Å². The number of alkyl halides is 6. The van der Waals surface area contributed by atoms with Gasteiger partial charge in [-0.15, -0.1) is 0 Å². The number of amides is 8. The summed E-state index contributed by atoms with van der Waals surface area (Å²) < 4.78 is 141. The molecular formula is C98H104F10N20O11. The van der Waals surface area contributed by atoms with Crippen molar-refractivity contribution in [1.29, 1.82) is 0 Å². The summed E-state index contributed by atoms with van der Waals surface area (Å²) in [4.78, 5) is 132. The van der Waals surface area contributed by atoms with Crippen LogP contribution in [-0.4, -0.2) is 267 Å². The second-order valence-electron chi connectivity index (χ2n) is 39.9. The lowest BCUT2D eigenvalue weighted by atomic mass is 9.78. The van der Waals surface area contributed by atoms with Gasteiger partial charge in [-0.1, -0.05) is 13.8 Å². The number of aliphatic hydroxyl groups excluding tert-OH is 1. The zero-order valence-electron chi connectivity index (χ0n) is 78.5. The number of aromatic nitrogens is 12. The van der Waals surface area contributed by atoms with Crippen LogP contribution in [0.25, 0.3) is 67.6 Å². The Hall–Kier alpha value is -13.7. The summed E-state index contributed by atoms with van der Waals surface area (Å²) in [5, 5.41) is 50.6. The van der Waals surface area contributed by atoms with Crippen LogP contribution in [0.5, 0.6) is 0 Å². The lowest BCUT2D eigenvalue weighted by Gasteiger charge is -2.49. The van der Waals surface area contributed by atoms with E-state index in [4.69, 9.17) is 20.2 Å². The number of halogens is 10. The minimum atomic E-state index is -4.78. The molecule has 0 spiro atoms. The van der Waals surface area contributed by atoms with Gasteiger partial charge in [0.25, 0.3) is 41.4 Å². The number of benzene rings is 4. The van der Waals surface area contributed by atoms with Gasteiger partial charge < -0.3 is 54.9 Å². The second-order valence-corrected chi connectivity index (χ2v) is 39.9. The number of nitrogens with zero attached hydrogens (tertiary/aromatic N) is 19. The van der Waals surface area contributed by atoms with Crippen LogP contribution < -0.4 is 5.32 Å². The maximum atomic E-state index is 13.9. The minimum absolute atomic E-state index is 0.0301. The van der Waals surface area contributed by atoms with E-state index in [2.05, 4.69) is 39.3 Å². The first-order valence-corrected chi connectivity index (χ1v) is 45.4. The minimum Gasteiger partial charge on any atom is -0.384 e. The number of fused-ring (bicyclic) bond motifs is 4. The topological polar surface area (TPSA) is 353 Å². The molecule has 3 saturated carbocycles. The summed E-state index contributed by atoms with van der Waals surface area (Å²) in [5.41, 5.74) is -2.60. The number of nitrogens with one attached hydrogen (secondary N) is 1. The third kappa shape index (κ3) is 19.8. The molecule has 4 saturated heterocycles. The quantitative estimate of drug-likeness (QED) is 0.0779. The number of imidazole rings is 4. The smallest absolute Gasteiger partial charge is 0.384 e. The normalized spacial score (nSPS) is 18.6. The van der Waals surface area contributed by atoms with Gasteiger partial charge in [0.1, 0.15) is 80.0 Å². The summed E-state index contributed by atoms with van der Waals surface area (Å²) in [6, 6.07) is 27.8. The van der Waals surface area contributed by atoms with E-state index in [1.165, 1.54) is 84.0 Å². The van der Waals surface area contributed by atoms with Crippen molar-refractivity contribution < 1.29 is 97.6 Å². The monoisotopic (exact) mass is 1930 g/mol. The summed E-state index contributed by atoms with van der Waals surface area (Å²) in [6.07, 6.45) is 0.897. The molecule has 4 N–H and O–H groups in total. The van der Waals surface area contributed by atoms with Gasteiger partial charge in [-0.25, -0.2) is 55.6 Å². The maximum Gasteiger partial charge on any atom is 0.420 e. The standard InChI is InChI=1S/C28H32FN5O3.C26H30FN5O3.C24H25F4N5O3.C20H17F4N5O2/c1-26(2)17-32(25(36)28(37)9-4-10-28)13-14-33(26)24(35)22-16-34-23(30-22)20(27(3)11-12-27)15-21(31-34)18-5-7-19(29)8-6-18;1-16(33)23(34)30-11-12-31(25(2,3)15-30)24(35)21-14-32-22(28-21)19(26(4)9-10-26)13-20(29-32)17-5-7-18(27)8-6-17;1-22(2)13-31(21(35)23(3,4)36)9-10-32(22)20(34)18-12-33-19(29-18)16(24(26,27)28)11-17(30-33)14-5-7-15(25)8-6-14;1-19(2)18(31)25-7-8-28(19)17(30)15-10-29-16(26-15)13(20(22,23)24)9-14(27-29)11-3-5-12(21)6-4-11/h5-8,15-16,37H,4,9-14,17H2,1-3H3;5-8,13-14,16,33H,9-12,15H2,1-4H3;5-8,11-12,36H,9-10,13H2,1-4H3;3-6,9-10H,7-8H2,1-2H3,(H,25,31)/t;16-;;/m.0../s1. The van der Waals surface area contributed by atoms with Gasteiger partial charge >= 0.3 is 12.4 Å². The molecular weight excluding hydrogens is 1820 g/mol. The van der Waals surface area contributed by atoms with Crippen molar-refractivity contribution in [3.63, 3.8) is 0 Å². The van der Waals surface area contributed by atoms with Gasteiger partial charge in [-0.3, -0.25) is 38.4 Å². The van der Waals surface area contributed by atoms with Crippen molar-refractivity contribution in [3.8, 4) is 45.0 Å². The molecule has 0 bridgehead atoms. The molecule has 41 heteroatoms. The average Bonchev–Trinajstić information content (AvgIpc) is 1.64. The number of piperazine rings is 4. The highest BCUT2D eigenvalue weighted by Gasteiger charge is 2.52. The largest absolute Gasteiger partial charge is 0.420 e. The Morgan fingerprint density at radius 3 is 1.02 bits per heavy atom. The Kier molecular flexibility index (Phi) is 25.4. The number of aliphatic hydroxyl groups is 3. The zero-order valence-corrected chi connectivity index (χ0v) is 78.5. The van der Waals surface area contributed by atoms with E-state index in [0.29, 0.717) is 86.2 Å². The molecule has 12 heterocycles. The summed E-state index contributed by atoms with van der Waals surface area (Å²) in [7, 11) is 0. The van der Waals surface area contributed by atoms with Crippen molar-refractivity contribution in [2.24, 2.45) is 0 Å². The molecule has 7 fully saturated rings. The Labute approximate surface area is 790 Å². The molecule has 7 aliphatic rings. The van der Waals surface area contributed by atoms with Crippen LogP contribution in [-0.2, 0) is 42.4 Å². The van der Waals surface area contributed by atoms with Gasteiger partial charge in [-0.2, -0.15) is 46.7 Å². The molecule has 31 nitrogen and oxygen atoms in total. The molecule has 4 aromatic carbocycles. The van der Waals surface area contributed by atoms with Crippen LogP contribution in [0.15, 0.2) is 146 Å². The van der Waals surface area contributed by atoms with E-state index < -0.39 is 104 Å². The van der Waals surface area contributed by atoms with Gasteiger partial charge in [0.15, 0.2) is 22.6 Å². The van der Waals surface area contributed by atoms with Gasteiger partial charge in [0, 0.05) is 105 Å². The number of hydrogen-bond acceptors (Lipinski definition) is 19. The molecule has 0 radical (unpaired) electrons.